The van der Waals surface area contributed by atoms with Gasteiger partial charge >= 0.3 is 0 Å². The Balaban J connectivity index is 1.84. The fourth-order valence-corrected chi connectivity index (χ4v) is 7.65. The third-order valence-corrected chi connectivity index (χ3v) is 9.79. The molecular formula is C38H39Cl2FN2O3. The molecule has 1 amide bonds. The Morgan fingerprint density at radius 3 is 2.22 bits per heavy atom. The number of nitrogens with zero attached hydrogens (tertiary/aromatic N) is 1. The van der Waals surface area contributed by atoms with Gasteiger partial charge in [-0.05, 0) is 52.3 Å². The van der Waals surface area contributed by atoms with Crippen molar-refractivity contribution in [1.82, 2.24) is 4.90 Å². The first-order chi connectivity index (χ1) is 22.0. The monoisotopic (exact) mass is 660 g/mol. The maximum Gasteiger partial charge on any atom is 0.293 e. The van der Waals surface area contributed by atoms with Gasteiger partial charge in [0.25, 0.3) is 6.47 Å². The van der Waals surface area contributed by atoms with Crippen molar-refractivity contribution in [2.24, 2.45) is 5.41 Å². The molecule has 0 spiro atoms. The van der Waals surface area contributed by atoms with Crippen LogP contribution >= 0.6 is 23.2 Å². The number of likely N-dealkylation sites (tertiary alicyclic amines) is 1. The summed E-state index contributed by atoms with van der Waals surface area (Å²) in [5.41, 5.74) is 2.68. The summed E-state index contributed by atoms with van der Waals surface area (Å²) in [6, 6.07) is 29.5. The average molecular weight is 662 g/mol. The second kappa shape index (κ2) is 14.0. The molecule has 4 aromatic rings. The lowest BCUT2D eigenvalue weighted by Gasteiger charge is -2.45. The summed E-state index contributed by atoms with van der Waals surface area (Å²) in [5, 5.41) is 3.38. The highest BCUT2D eigenvalue weighted by Gasteiger charge is 2.57. The average Bonchev–Trinajstić information content (AvgIpc) is 3.30. The Morgan fingerprint density at radius 1 is 0.957 bits per heavy atom. The lowest BCUT2D eigenvalue weighted by Crippen LogP contribution is -2.47. The zero-order valence-corrected chi connectivity index (χ0v) is 27.9. The van der Waals surface area contributed by atoms with E-state index in [2.05, 4.69) is 37.9 Å². The Bertz CT molecular complexity index is 1660. The summed E-state index contributed by atoms with van der Waals surface area (Å²) < 4.78 is 22.1. The molecule has 0 saturated carbocycles. The number of nitrogens with one attached hydrogen (secondary N) is 1. The van der Waals surface area contributed by atoms with Crippen LogP contribution in [-0.2, 0) is 19.7 Å². The molecule has 0 aliphatic carbocycles. The van der Waals surface area contributed by atoms with Crippen LogP contribution in [0.5, 0.6) is 0 Å². The van der Waals surface area contributed by atoms with E-state index in [0.717, 1.165) is 16.7 Å². The molecule has 46 heavy (non-hydrogen) atoms. The van der Waals surface area contributed by atoms with E-state index < -0.39 is 29.3 Å². The van der Waals surface area contributed by atoms with Gasteiger partial charge in [-0.1, -0.05) is 130 Å². The number of hydrogen-bond acceptors (Lipinski definition) is 4. The molecule has 4 aromatic carbocycles. The van der Waals surface area contributed by atoms with Gasteiger partial charge in [-0.3, -0.25) is 14.5 Å². The van der Waals surface area contributed by atoms with E-state index in [0.29, 0.717) is 42.1 Å². The summed E-state index contributed by atoms with van der Waals surface area (Å²) in [4.78, 5) is 26.4. The van der Waals surface area contributed by atoms with Crippen LogP contribution in [0.25, 0.3) is 0 Å². The summed E-state index contributed by atoms with van der Waals surface area (Å²) in [5.74, 6) is -0.901. The van der Waals surface area contributed by atoms with Gasteiger partial charge in [0, 0.05) is 34.6 Å². The Morgan fingerprint density at radius 2 is 1.61 bits per heavy atom. The van der Waals surface area contributed by atoms with Crippen molar-refractivity contribution in [3.8, 4) is 0 Å². The molecule has 240 valence electrons. The van der Waals surface area contributed by atoms with Crippen LogP contribution in [0.1, 0.15) is 74.4 Å². The van der Waals surface area contributed by atoms with Crippen LogP contribution in [0.15, 0.2) is 97.1 Å². The van der Waals surface area contributed by atoms with Gasteiger partial charge in [-0.25, -0.2) is 4.39 Å². The molecule has 0 bridgehead atoms. The van der Waals surface area contributed by atoms with Crippen LogP contribution in [0.4, 0.5) is 10.1 Å². The molecule has 0 aromatic heterocycles. The second-order valence-corrected chi connectivity index (χ2v) is 14.2. The van der Waals surface area contributed by atoms with Crippen molar-refractivity contribution in [2.75, 3.05) is 11.9 Å². The maximum absolute atomic E-state index is 16.2. The predicted octanol–water partition coefficient (Wildman–Crippen LogP) is 9.52. The first-order valence-corrected chi connectivity index (χ1v) is 16.1. The highest BCUT2D eigenvalue weighted by atomic mass is 35.5. The van der Waals surface area contributed by atoms with Crippen molar-refractivity contribution in [3.05, 3.63) is 135 Å². The van der Waals surface area contributed by atoms with Gasteiger partial charge in [-0.15, -0.1) is 0 Å². The number of carbonyl (C=O) groups is 2. The Labute approximate surface area is 280 Å². The summed E-state index contributed by atoms with van der Waals surface area (Å²) in [6.07, 6.45) is 0.653. The van der Waals surface area contributed by atoms with E-state index >= 15 is 4.39 Å². The normalized spacial score (nSPS) is 21.4. The van der Waals surface area contributed by atoms with E-state index in [9.17, 15) is 9.59 Å². The van der Waals surface area contributed by atoms with Crippen molar-refractivity contribution in [3.63, 3.8) is 0 Å². The number of benzene rings is 4. The van der Waals surface area contributed by atoms with Gasteiger partial charge in [0.05, 0.1) is 11.1 Å². The molecule has 1 aliphatic heterocycles. The molecule has 1 N–H and O–H groups in total. The van der Waals surface area contributed by atoms with Crippen LogP contribution in [0, 0.1) is 11.2 Å². The van der Waals surface area contributed by atoms with Crippen LogP contribution in [-0.4, -0.2) is 30.4 Å². The quantitative estimate of drug-likeness (QED) is 0.163. The molecule has 1 heterocycles. The molecular weight excluding hydrogens is 622 g/mol. The highest BCUT2D eigenvalue weighted by Crippen LogP contribution is 2.58. The van der Waals surface area contributed by atoms with Crippen molar-refractivity contribution in [1.29, 1.82) is 0 Å². The molecule has 4 unspecified atom stereocenters. The Kier molecular flexibility index (Phi) is 10.2. The molecule has 8 heteroatoms. The number of amides is 1. The zero-order chi connectivity index (χ0) is 33.1. The molecule has 0 radical (unpaired) electrons. The second-order valence-electron chi connectivity index (χ2n) is 13.3. The molecule has 1 fully saturated rings. The Hall–Kier alpha value is -3.71. The minimum Gasteiger partial charge on any atom is -0.458 e. The first-order valence-electron chi connectivity index (χ1n) is 15.4. The smallest absolute Gasteiger partial charge is 0.293 e. The molecule has 5 rings (SSSR count). The number of ether oxygens (including phenoxy) is 1. The van der Waals surface area contributed by atoms with Crippen LogP contribution in [0.2, 0.25) is 10.0 Å². The summed E-state index contributed by atoms with van der Waals surface area (Å²) in [7, 11) is 0. The predicted molar refractivity (Wildman–Crippen MR) is 183 cm³/mol. The van der Waals surface area contributed by atoms with Gasteiger partial charge in [0.15, 0.2) is 0 Å². The van der Waals surface area contributed by atoms with E-state index in [1.54, 1.807) is 30.3 Å². The van der Waals surface area contributed by atoms with Crippen LogP contribution < -0.4 is 5.32 Å². The SMILES string of the molecule is CC(C)(C)C[C@H]1N(C(c2ccccc2)C(OC=O)c2ccccc2)CC(c2cccc(Cl)c2F)C1(C)c1ccc(Cl)cc1NC=O. The summed E-state index contributed by atoms with van der Waals surface area (Å²) in [6.45, 7) is 9.58. The number of carbonyl (C=O) groups excluding carboxylic acids is 2. The van der Waals surface area contributed by atoms with Gasteiger partial charge < -0.3 is 10.1 Å². The van der Waals surface area contributed by atoms with E-state index in [-0.39, 0.29) is 16.5 Å². The minimum atomic E-state index is -0.788. The summed E-state index contributed by atoms with van der Waals surface area (Å²) >= 11 is 12.9. The van der Waals surface area contributed by atoms with Crippen LogP contribution in [0.3, 0.4) is 0 Å². The highest BCUT2D eigenvalue weighted by molar-refractivity contribution is 6.31. The fourth-order valence-electron chi connectivity index (χ4n) is 7.30. The number of halogens is 3. The van der Waals surface area contributed by atoms with Crippen molar-refractivity contribution >= 4 is 41.8 Å². The maximum atomic E-state index is 16.2. The molecule has 5 nitrogen and oxygen atoms in total. The molecule has 1 aliphatic rings. The topological polar surface area (TPSA) is 58.6 Å². The molecule has 1 saturated heterocycles. The first kappa shape index (κ1) is 33.6. The fraction of sp³-hybridized carbons (Fsp3) is 0.316. The third-order valence-electron chi connectivity index (χ3n) is 9.26. The lowest BCUT2D eigenvalue weighted by atomic mass is 9.64. The minimum absolute atomic E-state index is 0.0408. The van der Waals surface area contributed by atoms with Gasteiger partial charge in [-0.2, -0.15) is 0 Å². The largest absolute Gasteiger partial charge is 0.458 e. The van der Waals surface area contributed by atoms with E-state index in [1.165, 1.54) is 0 Å². The van der Waals surface area contributed by atoms with Gasteiger partial charge in [0.1, 0.15) is 11.9 Å². The van der Waals surface area contributed by atoms with Crippen molar-refractivity contribution < 1.29 is 18.7 Å². The van der Waals surface area contributed by atoms with Gasteiger partial charge in [0.2, 0.25) is 6.41 Å². The zero-order valence-electron chi connectivity index (χ0n) is 26.4. The molecule has 5 atom stereocenters. The van der Waals surface area contributed by atoms with Crippen molar-refractivity contribution in [2.45, 2.75) is 63.6 Å². The standard InChI is InChI=1S/C38H39Cl2FN2O3/c1-37(2,3)21-33-38(4,29-19-18-27(39)20-32(29)42-23-44)30(28-16-11-17-31(40)34(28)41)22-43(33)35(25-12-7-5-8-13-25)36(46-24-45)26-14-9-6-10-15-26/h5-20,23-24,30,33,35-36H,21-22H2,1-4H3,(H,42,44)/t30?,33-,35?,36?,38?/m1/s1. The number of rotatable bonds is 11. The third kappa shape index (κ3) is 6.71. The lowest BCUT2D eigenvalue weighted by molar-refractivity contribution is -0.138. The van der Waals surface area contributed by atoms with E-state index in [4.69, 9.17) is 27.9 Å². The number of hydrogen-bond donors (Lipinski definition) is 1. The number of anilines is 1. The van der Waals surface area contributed by atoms with E-state index in [1.807, 2.05) is 66.7 Å².